The van der Waals surface area contributed by atoms with Crippen molar-refractivity contribution in [1.82, 2.24) is 4.90 Å². The Bertz CT molecular complexity index is 1260. The lowest BCUT2D eigenvalue weighted by molar-refractivity contribution is -0.163. The topological polar surface area (TPSA) is 79.2 Å². The molecule has 0 amide bonds. The van der Waals surface area contributed by atoms with E-state index in [2.05, 4.69) is 0 Å². The summed E-state index contributed by atoms with van der Waals surface area (Å²) < 4.78 is 54.7. The lowest BCUT2D eigenvalue weighted by Gasteiger charge is -2.31. The molecule has 2 heterocycles. The molecule has 0 aliphatic carbocycles. The quantitative estimate of drug-likeness (QED) is 0.522. The van der Waals surface area contributed by atoms with Gasteiger partial charge in [-0.25, -0.2) is 4.79 Å². The molecule has 2 unspecified atom stereocenters. The number of rotatable bonds is 5. The number of aryl methyl sites for hydroxylation is 1. The number of alkyl halides is 3. The number of aliphatic hydroxyl groups is 1. The number of carboxylic acid groups (broad SMARTS) is 1. The van der Waals surface area contributed by atoms with E-state index in [0.717, 1.165) is 18.1 Å². The van der Waals surface area contributed by atoms with Gasteiger partial charge in [0.25, 0.3) is 0 Å². The summed E-state index contributed by atoms with van der Waals surface area (Å²) >= 11 is 0. The number of halogens is 3. The molecule has 2 N–H and O–H groups in total. The zero-order chi connectivity index (χ0) is 27.1. The van der Waals surface area contributed by atoms with Crippen LogP contribution in [0.4, 0.5) is 13.2 Å². The van der Waals surface area contributed by atoms with Gasteiger partial charge in [0.15, 0.2) is 6.10 Å². The van der Waals surface area contributed by atoms with Crippen LogP contribution in [0, 0.1) is 0 Å². The van der Waals surface area contributed by atoms with E-state index in [1.54, 1.807) is 58.3 Å². The van der Waals surface area contributed by atoms with Crippen molar-refractivity contribution < 1.29 is 37.7 Å². The van der Waals surface area contributed by atoms with E-state index >= 15 is 0 Å². The molecule has 2 aromatic rings. The second-order valence-corrected chi connectivity index (χ2v) is 10.2. The van der Waals surface area contributed by atoms with Gasteiger partial charge in [-0.3, -0.25) is 0 Å². The zero-order valence-corrected chi connectivity index (χ0v) is 21.1. The molecule has 4 rings (SSSR count). The number of likely N-dealkylation sites (N-methyl/N-ethyl adjacent to an activating group) is 1. The third kappa shape index (κ3) is 5.67. The van der Waals surface area contributed by atoms with E-state index in [4.69, 9.17) is 9.47 Å². The first-order valence-corrected chi connectivity index (χ1v) is 12.0. The van der Waals surface area contributed by atoms with Crippen molar-refractivity contribution in [2.75, 3.05) is 13.7 Å². The first-order valence-electron chi connectivity index (χ1n) is 12.0. The van der Waals surface area contributed by atoms with E-state index in [1.807, 2.05) is 0 Å². The number of carboxylic acids is 1. The molecule has 0 spiro atoms. The summed E-state index contributed by atoms with van der Waals surface area (Å²) in [7, 11) is 1.64. The van der Waals surface area contributed by atoms with Crippen LogP contribution in [0.15, 0.2) is 48.7 Å². The Morgan fingerprint density at radius 2 is 1.92 bits per heavy atom. The van der Waals surface area contributed by atoms with Gasteiger partial charge in [-0.1, -0.05) is 18.2 Å². The van der Waals surface area contributed by atoms with E-state index in [-0.39, 0.29) is 5.56 Å². The van der Waals surface area contributed by atoms with Crippen molar-refractivity contribution in [3.8, 4) is 16.9 Å². The summed E-state index contributed by atoms with van der Waals surface area (Å²) in [5.74, 6) is -0.869. The minimum absolute atomic E-state index is 0.112. The molecule has 0 aromatic heterocycles. The van der Waals surface area contributed by atoms with E-state index in [0.29, 0.717) is 35.5 Å². The number of carbonyl (C=O) groups is 1. The molecule has 2 aliphatic heterocycles. The van der Waals surface area contributed by atoms with Crippen LogP contribution in [0.2, 0.25) is 0 Å². The zero-order valence-electron chi connectivity index (χ0n) is 21.1. The molecule has 2 atom stereocenters. The molecule has 6 nitrogen and oxygen atoms in total. The standard InChI is InChI=1S/C28H30F3NO5/c1-27(2,3)37-25(26(34)35)24-20(28(29,30)31)10-9-19(18-8-12-22(33)32(4)15-18)23(24)17-7-11-21-16(14-17)6-5-13-36-21/h7-12,14-15,22,25,33H,5-6,13H2,1-4H3,(H,34,35). The van der Waals surface area contributed by atoms with Gasteiger partial charge in [-0.05, 0) is 85.7 Å². The fraction of sp³-hybridized carbons (Fsp3) is 0.393. The van der Waals surface area contributed by atoms with Gasteiger partial charge in [0.1, 0.15) is 12.0 Å². The largest absolute Gasteiger partial charge is 0.493 e. The number of ether oxygens (including phenoxy) is 2. The van der Waals surface area contributed by atoms with Crippen molar-refractivity contribution in [3.05, 3.63) is 70.9 Å². The van der Waals surface area contributed by atoms with Crippen LogP contribution in [-0.4, -0.2) is 46.6 Å². The Morgan fingerprint density at radius 3 is 2.54 bits per heavy atom. The first-order chi connectivity index (χ1) is 17.3. The summed E-state index contributed by atoms with van der Waals surface area (Å²) in [5.41, 5.74) is -0.310. The van der Waals surface area contributed by atoms with E-state index in [1.165, 1.54) is 17.0 Å². The number of hydrogen-bond acceptors (Lipinski definition) is 5. The third-order valence-electron chi connectivity index (χ3n) is 6.22. The lowest BCUT2D eigenvalue weighted by atomic mass is 9.83. The highest BCUT2D eigenvalue weighted by atomic mass is 19.4. The van der Waals surface area contributed by atoms with Gasteiger partial charge in [-0.2, -0.15) is 13.2 Å². The third-order valence-corrected chi connectivity index (χ3v) is 6.22. The highest BCUT2D eigenvalue weighted by Crippen LogP contribution is 2.46. The normalized spacial score (nSPS) is 18.6. The minimum atomic E-state index is -4.83. The Kier molecular flexibility index (Phi) is 7.14. The van der Waals surface area contributed by atoms with Crippen LogP contribution in [0.5, 0.6) is 5.75 Å². The molecule has 0 saturated carbocycles. The van der Waals surface area contributed by atoms with E-state index < -0.39 is 41.2 Å². The van der Waals surface area contributed by atoms with Crippen molar-refractivity contribution in [3.63, 3.8) is 0 Å². The first kappa shape index (κ1) is 26.8. The summed E-state index contributed by atoms with van der Waals surface area (Å²) in [5, 5.41) is 20.2. The van der Waals surface area contributed by atoms with Gasteiger partial charge < -0.3 is 24.6 Å². The number of allylic oxidation sites excluding steroid dienone is 2. The van der Waals surface area contributed by atoms with E-state index in [9.17, 15) is 28.2 Å². The number of hydrogen-bond donors (Lipinski definition) is 2. The van der Waals surface area contributed by atoms with Gasteiger partial charge in [0, 0.05) is 18.8 Å². The predicted molar refractivity (Wildman–Crippen MR) is 133 cm³/mol. The fourth-order valence-corrected chi connectivity index (χ4v) is 4.62. The molecule has 37 heavy (non-hydrogen) atoms. The smallest absolute Gasteiger partial charge is 0.416 e. The number of aliphatic carboxylic acids is 1. The van der Waals surface area contributed by atoms with Crippen molar-refractivity contribution in [2.24, 2.45) is 0 Å². The number of fused-ring (bicyclic) bond motifs is 1. The van der Waals surface area contributed by atoms with Crippen molar-refractivity contribution >= 4 is 11.5 Å². The van der Waals surface area contributed by atoms with Crippen LogP contribution in [0.3, 0.4) is 0 Å². The van der Waals surface area contributed by atoms with Crippen LogP contribution >= 0.6 is 0 Å². The molecule has 0 saturated heterocycles. The Balaban J connectivity index is 2.09. The van der Waals surface area contributed by atoms with Crippen LogP contribution in [-0.2, 0) is 22.1 Å². The molecule has 198 valence electrons. The Hall–Kier alpha value is -3.30. The highest BCUT2D eigenvalue weighted by Gasteiger charge is 2.41. The Labute approximate surface area is 213 Å². The highest BCUT2D eigenvalue weighted by molar-refractivity contribution is 5.91. The molecule has 2 aromatic carbocycles. The SMILES string of the molecule is CN1C=C(c2ccc(C(F)(F)F)c(C(OC(C)(C)C)C(=O)O)c2-c2ccc3c(c2)CCCO3)C=CC1O. The summed E-state index contributed by atoms with van der Waals surface area (Å²) in [6.45, 7) is 5.34. The average molecular weight is 518 g/mol. The summed E-state index contributed by atoms with van der Waals surface area (Å²) in [6.07, 6.45) is -1.43. The number of nitrogens with zero attached hydrogens (tertiary/aromatic N) is 1. The minimum Gasteiger partial charge on any atom is -0.493 e. The molecular weight excluding hydrogens is 487 g/mol. The predicted octanol–water partition coefficient (Wildman–Crippen LogP) is 5.80. The van der Waals surface area contributed by atoms with Gasteiger partial charge in [0.05, 0.1) is 17.8 Å². The summed E-state index contributed by atoms with van der Waals surface area (Å²) in [6, 6.07) is 7.36. The van der Waals surface area contributed by atoms with Crippen molar-refractivity contribution in [2.45, 2.75) is 57.7 Å². The average Bonchev–Trinajstić information content (AvgIpc) is 2.82. The van der Waals surface area contributed by atoms with Gasteiger partial charge >= 0.3 is 12.1 Å². The summed E-state index contributed by atoms with van der Waals surface area (Å²) in [4.78, 5) is 14.0. The fourth-order valence-electron chi connectivity index (χ4n) is 4.62. The maximum Gasteiger partial charge on any atom is 0.416 e. The number of benzene rings is 2. The van der Waals surface area contributed by atoms with Gasteiger partial charge in [-0.15, -0.1) is 0 Å². The second-order valence-electron chi connectivity index (χ2n) is 10.2. The molecule has 2 aliphatic rings. The maximum atomic E-state index is 14.4. The molecular formula is C28H30F3NO5. The van der Waals surface area contributed by atoms with Gasteiger partial charge in [0.2, 0.25) is 0 Å². The lowest BCUT2D eigenvalue weighted by Crippen LogP contribution is -2.30. The molecule has 9 heteroatoms. The van der Waals surface area contributed by atoms with Crippen LogP contribution in [0.25, 0.3) is 16.7 Å². The van der Waals surface area contributed by atoms with Crippen molar-refractivity contribution in [1.29, 1.82) is 0 Å². The molecule has 0 fully saturated rings. The number of aliphatic hydroxyl groups excluding tert-OH is 1. The van der Waals surface area contributed by atoms with Crippen LogP contribution in [0.1, 0.15) is 55.5 Å². The maximum absolute atomic E-state index is 14.4. The second kappa shape index (κ2) is 9.87. The van der Waals surface area contributed by atoms with Crippen LogP contribution < -0.4 is 4.74 Å². The Morgan fingerprint density at radius 1 is 1.19 bits per heavy atom. The molecule has 0 radical (unpaired) electrons. The monoisotopic (exact) mass is 517 g/mol. The molecule has 0 bridgehead atoms.